The Hall–Kier alpha value is -1.26. The molecule has 0 aromatic rings. The molecule has 0 aromatic carbocycles. The van der Waals surface area contributed by atoms with Crippen LogP contribution in [0.3, 0.4) is 0 Å². The molecule has 0 aliphatic heterocycles. The van der Waals surface area contributed by atoms with Crippen LogP contribution in [-0.2, 0) is 4.79 Å². The van der Waals surface area contributed by atoms with E-state index in [1.54, 1.807) is 0 Å². The third-order valence-electron chi connectivity index (χ3n) is 4.15. The van der Waals surface area contributed by atoms with Gasteiger partial charge in [0.05, 0.1) is 0 Å². The highest BCUT2D eigenvalue weighted by Crippen LogP contribution is 2.29. The van der Waals surface area contributed by atoms with Gasteiger partial charge in [0.15, 0.2) is 0 Å². The highest BCUT2D eigenvalue weighted by atomic mass is 16.4. The Bertz CT molecular complexity index is 323. The molecular weight excluding hydrogens is 256 g/mol. The topological polar surface area (TPSA) is 69.6 Å². The van der Waals surface area contributed by atoms with E-state index in [1.165, 1.54) is 30.6 Å². The molecule has 5 heteroatoms. The van der Waals surface area contributed by atoms with Gasteiger partial charge in [-0.15, -0.1) is 0 Å². The number of hydrogen-bond acceptors (Lipinski definition) is 2. The van der Waals surface area contributed by atoms with Crippen LogP contribution in [0.15, 0.2) is 0 Å². The molecule has 0 aromatic heterocycles. The van der Waals surface area contributed by atoms with Crippen LogP contribution in [-0.4, -0.2) is 41.1 Å². The zero-order valence-corrected chi connectivity index (χ0v) is 12.9. The van der Waals surface area contributed by atoms with Crippen molar-refractivity contribution in [2.75, 3.05) is 13.1 Å². The molecule has 116 valence electrons. The lowest BCUT2D eigenvalue weighted by Crippen LogP contribution is -2.46. The molecule has 1 saturated carbocycles. The predicted molar refractivity (Wildman–Crippen MR) is 78.6 cm³/mol. The number of rotatable bonds is 6. The highest BCUT2D eigenvalue weighted by molar-refractivity contribution is 5.80. The van der Waals surface area contributed by atoms with Gasteiger partial charge < -0.3 is 15.3 Å². The van der Waals surface area contributed by atoms with Gasteiger partial charge in [0.2, 0.25) is 0 Å². The third-order valence-corrected chi connectivity index (χ3v) is 4.15. The van der Waals surface area contributed by atoms with E-state index in [4.69, 9.17) is 5.11 Å². The molecule has 1 aliphatic rings. The standard InChI is InChI=1S/C15H28N2O3/c1-11(2)17(10-14(18)19)15(20)16-9-8-13-6-4-12(3)5-7-13/h11-13H,4-10H2,1-3H3,(H,16,20)(H,18,19). The largest absolute Gasteiger partial charge is 0.480 e. The number of carboxylic acid groups (broad SMARTS) is 1. The molecule has 0 spiro atoms. The van der Waals surface area contributed by atoms with E-state index in [2.05, 4.69) is 12.2 Å². The minimum Gasteiger partial charge on any atom is -0.480 e. The van der Waals surface area contributed by atoms with Crippen LogP contribution in [0.1, 0.15) is 52.9 Å². The van der Waals surface area contributed by atoms with E-state index in [9.17, 15) is 9.59 Å². The molecule has 1 fully saturated rings. The number of hydrogen-bond donors (Lipinski definition) is 2. The van der Waals surface area contributed by atoms with E-state index in [-0.39, 0.29) is 18.6 Å². The summed E-state index contributed by atoms with van der Waals surface area (Å²) < 4.78 is 0. The Morgan fingerprint density at radius 2 is 1.85 bits per heavy atom. The van der Waals surface area contributed by atoms with Crippen molar-refractivity contribution < 1.29 is 14.7 Å². The molecule has 1 rings (SSSR count). The average Bonchev–Trinajstić information content (AvgIpc) is 2.37. The lowest BCUT2D eigenvalue weighted by Gasteiger charge is -2.28. The van der Waals surface area contributed by atoms with Gasteiger partial charge in [-0.25, -0.2) is 4.79 Å². The molecule has 20 heavy (non-hydrogen) atoms. The Labute approximate surface area is 121 Å². The summed E-state index contributed by atoms with van der Waals surface area (Å²) in [6, 6.07) is -0.381. The molecule has 5 nitrogen and oxygen atoms in total. The molecule has 0 unspecified atom stereocenters. The summed E-state index contributed by atoms with van der Waals surface area (Å²) in [6.45, 7) is 6.34. The summed E-state index contributed by atoms with van der Waals surface area (Å²) in [4.78, 5) is 24.1. The fraction of sp³-hybridized carbons (Fsp3) is 0.867. The van der Waals surface area contributed by atoms with Gasteiger partial charge in [0.1, 0.15) is 6.54 Å². The van der Waals surface area contributed by atoms with E-state index >= 15 is 0 Å². The van der Waals surface area contributed by atoms with Gasteiger partial charge in [-0.3, -0.25) is 4.79 Å². The van der Waals surface area contributed by atoms with Crippen LogP contribution < -0.4 is 5.32 Å². The van der Waals surface area contributed by atoms with Crippen LogP contribution >= 0.6 is 0 Å². The molecule has 2 amide bonds. The number of nitrogens with one attached hydrogen (secondary N) is 1. The lowest BCUT2D eigenvalue weighted by atomic mass is 9.81. The number of carbonyl (C=O) groups excluding carboxylic acids is 1. The van der Waals surface area contributed by atoms with Crippen LogP contribution in [0.4, 0.5) is 4.79 Å². The number of carbonyl (C=O) groups is 2. The first-order chi connectivity index (χ1) is 9.40. The normalized spacial score (nSPS) is 22.6. The van der Waals surface area contributed by atoms with Crippen molar-refractivity contribution in [2.24, 2.45) is 11.8 Å². The summed E-state index contributed by atoms with van der Waals surface area (Å²) in [5.41, 5.74) is 0. The Kier molecular flexibility index (Phi) is 6.82. The lowest BCUT2D eigenvalue weighted by molar-refractivity contribution is -0.138. The second-order valence-corrected chi connectivity index (χ2v) is 6.26. The van der Waals surface area contributed by atoms with Gasteiger partial charge >= 0.3 is 12.0 Å². The SMILES string of the molecule is CC1CCC(CCNC(=O)N(CC(=O)O)C(C)C)CC1. The third kappa shape index (κ3) is 5.80. The molecule has 0 radical (unpaired) electrons. The summed E-state index contributed by atoms with van der Waals surface area (Å²) >= 11 is 0. The van der Waals surface area contributed by atoms with Crippen LogP contribution in [0.25, 0.3) is 0 Å². The molecule has 0 bridgehead atoms. The zero-order chi connectivity index (χ0) is 15.1. The Balaban J connectivity index is 2.28. The van der Waals surface area contributed by atoms with Crippen LogP contribution in [0, 0.1) is 11.8 Å². The van der Waals surface area contributed by atoms with Crippen molar-refractivity contribution in [3.63, 3.8) is 0 Å². The van der Waals surface area contributed by atoms with Crippen molar-refractivity contribution in [2.45, 2.75) is 58.9 Å². The van der Waals surface area contributed by atoms with Crippen molar-refractivity contribution in [1.82, 2.24) is 10.2 Å². The van der Waals surface area contributed by atoms with Crippen LogP contribution in [0.2, 0.25) is 0 Å². The summed E-state index contributed by atoms with van der Waals surface area (Å²) in [7, 11) is 0. The van der Waals surface area contributed by atoms with Gasteiger partial charge in [0, 0.05) is 12.6 Å². The summed E-state index contributed by atoms with van der Waals surface area (Å²) in [5.74, 6) is 0.571. The Morgan fingerprint density at radius 3 is 2.35 bits per heavy atom. The first-order valence-corrected chi connectivity index (χ1v) is 7.66. The number of aliphatic carboxylic acids is 1. The molecular formula is C15H28N2O3. The van der Waals surface area contributed by atoms with Crippen LogP contribution in [0.5, 0.6) is 0 Å². The maximum Gasteiger partial charge on any atom is 0.323 e. The maximum atomic E-state index is 12.0. The van der Waals surface area contributed by atoms with E-state index in [0.29, 0.717) is 12.5 Å². The minimum atomic E-state index is -0.977. The number of amides is 2. The molecule has 0 atom stereocenters. The zero-order valence-electron chi connectivity index (χ0n) is 12.9. The summed E-state index contributed by atoms with van der Waals surface area (Å²) in [5, 5.41) is 11.7. The first kappa shape index (κ1) is 16.8. The molecule has 0 heterocycles. The van der Waals surface area contributed by atoms with Gasteiger partial charge in [0.25, 0.3) is 0 Å². The maximum absolute atomic E-state index is 12.0. The number of nitrogens with zero attached hydrogens (tertiary/aromatic N) is 1. The monoisotopic (exact) mass is 284 g/mol. The summed E-state index contributed by atoms with van der Waals surface area (Å²) in [6.07, 6.45) is 6.07. The highest BCUT2D eigenvalue weighted by Gasteiger charge is 2.21. The fourth-order valence-corrected chi connectivity index (χ4v) is 2.74. The van der Waals surface area contributed by atoms with Crippen molar-refractivity contribution in [3.8, 4) is 0 Å². The smallest absolute Gasteiger partial charge is 0.323 e. The number of carboxylic acids is 1. The predicted octanol–water partition coefficient (Wildman–Crippen LogP) is 2.71. The molecule has 1 aliphatic carbocycles. The minimum absolute atomic E-state index is 0.110. The first-order valence-electron chi connectivity index (χ1n) is 7.66. The van der Waals surface area contributed by atoms with Crippen molar-refractivity contribution >= 4 is 12.0 Å². The fourth-order valence-electron chi connectivity index (χ4n) is 2.74. The quantitative estimate of drug-likeness (QED) is 0.788. The van der Waals surface area contributed by atoms with Crippen molar-refractivity contribution in [1.29, 1.82) is 0 Å². The van der Waals surface area contributed by atoms with E-state index in [1.807, 2.05) is 13.8 Å². The van der Waals surface area contributed by atoms with Gasteiger partial charge in [-0.1, -0.05) is 32.6 Å². The number of urea groups is 1. The van der Waals surface area contributed by atoms with E-state index in [0.717, 1.165) is 12.3 Å². The Morgan fingerprint density at radius 1 is 1.25 bits per heavy atom. The molecule has 0 saturated heterocycles. The van der Waals surface area contributed by atoms with Gasteiger partial charge in [-0.05, 0) is 32.1 Å². The van der Waals surface area contributed by atoms with Crippen molar-refractivity contribution in [3.05, 3.63) is 0 Å². The second kappa shape index (κ2) is 8.12. The molecule has 2 N–H and O–H groups in total. The van der Waals surface area contributed by atoms with Gasteiger partial charge in [-0.2, -0.15) is 0 Å². The average molecular weight is 284 g/mol. The van der Waals surface area contributed by atoms with E-state index < -0.39 is 5.97 Å². The second-order valence-electron chi connectivity index (χ2n) is 6.26.